The molecule has 2 N–H and O–H groups in total. The van der Waals surface area contributed by atoms with E-state index in [-0.39, 0.29) is 0 Å². The molecule has 1 aliphatic carbocycles. The van der Waals surface area contributed by atoms with Crippen LogP contribution in [0.3, 0.4) is 0 Å². The SMILES string of the molecule is COc1cc(-c2cnn(C)c2)ccc1Nc1cc2c(NC3CCCCC3)nccc2cn1. The number of anilines is 3. The minimum atomic E-state index is 0.492. The molecular weight excluding hydrogens is 400 g/mol. The highest BCUT2D eigenvalue weighted by Gasteiger charge is 2.15. The number of nitrogens with one attached hydrogen (secondary N) is 2. The lowest BCUT2D eigenvalue weighted by Crippen LogP contribution is -2.22. The average molecular weight is 429 g/mol. The number of hydrogen-bond donors (Lipinski definition) is 2. The van der Waals surface area contributed by atoms with Gasteiger partial charge in [0.1, 0.15) is 17.4 Å². The second-order valence-electron chi connectivity index (χ2n) is 8.37. The number of fused-ring (bicyclic) bond motifs is 1. The van der Waals surface area contributed by atoms with Gasteiger partial charge in [0.2, 0.25) is 0 Å². The molecule has 3 aromatic heterocycles. The van der Waals surface area contributed by atoms with Crippen molar-refractivity contribution < 1.29 is 4.74 Å². The molecule has 0 amide bonds. The third-order valence-electron chi connectivity index (χ3n) is 6.10. The van der Waals surface area contributed by atoms with Gasteiger partial charge in [0, 0.05) is 48.0 Å². The molecule has 1 saturated carbocycles. The molecule has 4 aromatic rings. The van der Waals surface area contributed by atoms with E-state index in [2.05, 4.69) is 37.8 Å². The molecule has 1 aliphatic rings. The number of aryl methyl sites for hydroxylation is 1. The highest BCUT2D eigenvalue weighted by atomic mass is 16.5. The Labute approximate surface area is 187 Å². The fourth-order valence-corrected chi connectivity index (χ4v) is 4.37. The van der Waals surface area contributed by atoms with Gasteiger partial charge >= 0.3 is 0 Å². The van der Waals surface area contributed by atoms with Crippen LogP contribution in [0.4, 0.5) is 17.3 Å². The van der Waals surface area contributed by atoms with Gasteiger partial charge in [0.15, 0.2) is 0 Å². The monoisotopic (exact) mass is 428 g/mol. The average Bonchev–Trinajstić information content (AvgIpc) is 3.26. The van der Waals surface area contributed by atoms with Crippen LogP contribution in [0.5, 0.6) is 5.75 Å². The first-order valence-corrected chi connectivity index (χ1v) is 11.1. The van der Waals surface area contributed by atoms with Crippen LogP contribution in [0.1, 0.15) is 32.1 Å². The van der Waals surface area contributed by atoms with Crippen LogP contribution < -0.4 is 15.4 Å². The van der Waals surface area contributed by atoms with E-state index in [1.165, 1.54) is 32.1 Å². The molecule has 0 unspecified atom stereocenters. The van der Waals surface area contributed by atoms with E-state index in [4.69, 9.17) is 4.74 Å². The molecule has 0 bridgehead atoms. The Balaban J connectivity index is 1.43. The molecule has 1 fully saturated rings. The summed E-state index contributed by atoms with van der Waals surface area (Å²) in [5.41, 5.74) is 2.96. The molecule has 0 atom stereocenters. The Hall–Kier alpha value is -3.61. The van der Waals surface area contributed by atoms with E-state index in [0.29, 0.717) is 6.04 Å². The van der Waals surface area contributed by atoms with E-state index < -0.39 is 0 Å². The fourth-order valence-electron chi connectivity index (χ4n) is 4.37. The van der Waals surface area contributed by atoms with E-state index in [1.807, 2.05) is 50.0 Å². The van der Waals surface area contributed by atoms with Crippen molar-refractivity contribution in [2.24, 2.45) is 7.05 Å². The standard InChI is InChI=1S/C25H28N6O/c1-31-16-19(15-28-31)17-8-9-22(23(12-17)32-2)30-24-13-21-18(14-27-24)10-11-26-25(21)29-20-6-4-3-5-7-20/h8-16,20H,3-7H2,1-2H3,(H,26,29)(H,27,30). The molecule has 0 radical (unpaired) electrons. The smallest absolute Gasteiger partial charge is 0.142 e. The molecule has 7 nitrogen and oxygen atoms in total. The molecule has 7 heteroatoms. The van der Waals surface area contributed by atoms with E-state index in [1.54, 1.807) is 11.8 Å². The molecule has 0 saturated heterocycles. The number of benzene rings is 1. The van der Waals surface area contributed by atoms with Gasteiger partial charge < -0.3 is 15.4 Å². The Kier molecular flexibility index (Phi) is 5.62. The van der Waals surface area contributed by atoms with Crippen LogP contribution >= 0.6 is 0 Å². The highest BCUT2D eigenvalue weighted by molar-refractivity contribution is 5.93. The van der Waals surface area contributed by atoms with Crippen molar-refractivity contribution in [2.75, 3.05) is 17.7 Å². The second-order valence-corrected chi connectivity index (χ2v) is 8.37. The maximum absolute atomic E-state index is 5.66. The maximum atomic E-state index is 5.66. The number of methoxy groups -OCH3 is 1. The molecule has 3 heterocycles. The zero-order valence-electron chi connectivity index (χ0n) is 18.5. The number of aromatic nitrogens is 4. The molecule has 164 valence electrons. The minimum Gasteiger partial charge on any atom is -0.495 e. The van der Waals surface area contributed by atoms with Crippen molar-refractivity contribution in [3.63, 3.8) is 0 Å². The fraction of sp³-hybridized carbons (Fsp3) is 0.320. The van der Waals surface area contributed by atoms with Gasteiger partial charge in [-0.1, -0.05) is 25.3 Å². The Morgan fingerprint density at radius 3 is 2.66 bits per heavy atom. The zero-order valence-corrected chi connectivity index (χ0v) is 18.5. The molecule has 1 aromatic carbocycles. The Morgan fingerprint density at radius 1 is 1.00 bits per heavy atom. The van der Waals surface area contributed by atoms with Crippen LogP contribution in [0.2, 0.25) is 0 Å². The summed E-state index contributed by atoms with van der Waals surface area (Å²) in [4.78, 5) is 9.24. The summed E-state index contributed by atoms with van der Waals surface area (Å²) in [5, 5.41) is 13.5. The first-order chi connectivity index (χ1) is 15.7. The van der Waals surface area contributed by atoms with Crippen LogP contribution in [0.25, 0.3) is 21.9 Å². The lowest BCUT2D eigenvalue weighted by molar-refractivity contribution is 0.417. The van der Waals surface area contributed by atoms with Crippen molar-refractivity contribution in [1.82, 2.24) is 19.7 Å². The lowest BCUT2D eigenvalue weighted by Gasteiger charge is -2.24. The highest BCUT2D eigenvalue weighted by Crippen LogP contribution is 2.33. The number of pyridine rings is 2. The first kappa shape index (κ1) is 20.3. The van der Waals surface area contributed by atoms with Crippen molar-refractivity contribution in [2.45, 2.75) is 38.1 Å². The van der Waals surface area contributed by atoms with Crippen molar-refractivity contribution >= 4 is 28.1 Å². The topological polar surface area (TPSA) is 76.9 Å². The van der Waals surface area contributed by atoms with Gasteiger partial charge in [-0.15, -0.1) is 0 Å². The number of hydrogen-bond acceptors (Lipinski definition) is 6. The summed E-state index contributed by atoms with van der Waals surface area (Å²) in [6.07, 6.45) is 13.9. The van der Waals surface area contributed by atoms with Gasteiger partial charge in [-0.05, 0) is 42.7 Å². The zero-order chi connectivity index (χ0) is 21.9. The third-order valence-corrected chi connectivity index (χ3v) is 6.10. The predicted molar refractivity (Wildman–Crippen MR) is 129 cm³/mol. The Bertz CT molecular complexity index is 1230. The van der Waals surface area contributed by atoms with Gasteiger partial charge in [-0.2, -0.15) is 5.10 Å². The molecule has 0 aliphatic heterocycles. The molecule has 5 rings (SSSR count). The van der Waals surface area contributed by atoms with Crippen molar-refractivity contribution in [3.8, 4) is 16.9 Å². The predicted octanol–water partition coefficient (Wildman–Crippen LogP) is 5.53. The number of ether oxygens (including phenoxy) is 1. The van der Waals surface area contributed by atoms with Gasteiger partial charge in [0.25, 0.3) is 0 Å². The summed E-state index contributed by atoms with van der Waals surface area (Å²) >= 11 is 0. The largest absolute Gasteiger partial charge is 0.495 e. The van der Waals surface area contributed by atoms with E-state index in [0.717, 1.165) is 45.0 Å². The van der Waals surface area contributed by atoms with Crippen LogP contribution in [0.15, 0.2) is 55.1 Å². The first-order valence-electron chi connectivity index (χ1n) is 11.1. The Morgan fingerprint density at radius 2 is 1.88 bits per heavy atom. The summed E-state index contributed by atoms with van der Waals surface area (Å²) in [7, 11) is 3.59. The van der Waals surface area contributed by atoms with Crippen LogP contribution in [-0.4, -0.2) is 32.9 Å². The molecule has 0 spiro atoms. The minimum absolute atomic E-state index is 0.492. The normalized spacial score (nSPS) is 14.4. The second kappa shape index (κ2) is 8.86. The quantitative estimate of drug-likeness (QED) is 0.421. The number of nitrogens with zero attached hydrogens (tertiary/aromatic N) is 4. The van der Waals surface area contributed by atoms with Gasteiger partial charge in [-0.25, -0.2) is 9.97 Å². The van der Waals surface area contributed by atoms with Gasteiger partial charge in [-0.3, -0.25) is 4.68 Å². The summed E-state index contributed by atoms with van der Waals surface area (Å²) in [6.45, 7) is 0. The van der Waals surface area contributed by atoms with Crippen LogP contribution in [0, 0.1) is 0 Å². The molecule has 32 heavy (non-hydrogen) atoms. The third kappa shape index (κ3) is 4.23. The maximum Gasteiger partial charge on any atom is 0.142 e. The van der Waals surface area contributed by atoms with Crippen LogP contribution in [-0.2, 0) is 7.05 Å². The lowest BCUT2D eigenvalue weighted by atomic mass is 9.95. The summed E-state index contributed by atoms with van der Waals surface area (Å²) < 4.78 is 7.45. The van der Waals surface area contributed by atoms with Crippen molar-refractivity contribution in [1.29, 1.82) is 0 Å². The van der Waals surface area contributed by atoms with E-state index in [9.17, 15) is 0 Å². The van der Waals surface area contributed by atoms with Crippen molar-refractivity contribution in [3.05, 3.63) is 55.1 Å². The number of rotatable bonds is 6. The summed E-state index contributed by atoms with van der Waals surface area (Å²) in [5.74, 6) is 2.43. The van der Waals surface area contributed by atoms with Gasteiger partial charge in [0.05, 0.1) is 19.0 Å². The summed E-state index contributed by atoms with van der Waals surface area (Å²) in [6, 6.07) is 10.6. The molecular formula is C25H28N6O. The van der Waals surface area contributed by atoms with E-state index >= 15 is 0 Å².